The quantitative estimate of drug-likeness (QED) is 0.618. The number of hydrogen-bond donors (Lipinski definition) is 1. The lowest BCUT2D eigenvalue weighted by Crippen LogP contribution is -2.48. The molecule has 4 rings (SSSR count). The molecule has 0 saturated heterocycles. The lowest BCUT2D eigenvalue weighted by Gasteiger charge is -2.34. The van der Waals surface area contributed by atoms with Crippen LogP contribution >= 0.6 is 11.6 Å². The van der Waals surface area contributed by atoms with Gasteiger partial charge < -0.3 is 10.2 Å². The third kappa shape index (κ3) is 4.21. The fourth-order valence-corrected chi connectivity index (χ4v) is 4.52. The number of rotatable bonds is 4. The molecule has 0 aliphatic heterocycles. The van der Waals surface area contributed by atoms with Gasteiger partial charge >= 0.3 is 0 Å². The minimum atomic E-state index is -0.478. The molecule has 1 aromatic carbocycles. The van der Waals surface area contributed by atoms with E-state index in [2.05, 4.69) is 10.3 Å². The van der Waals surface area contributed by atoms with Gasteiger partial charge in [-0.05, 0) is 50.1 Å². The minimum Gasteiger partial charge on any atom is -0.363 e. The van der Waals surface area contributed by atoms with E-state index in [9.17, 15) is 14.0 Å². The Morgan fingerprint density at radius 2 is 1.91 bits per heavy atom. The van der Waals surface area contributed by atoms with Crippen molar-refractivity contribution in [3.05, 3.63) is 63.2 Å². The van der Waals surface area contributed by atoms with E-state index < -0.39 is 17.2 Å². The second-order valence-electron chi connectivity index (χ2n) is 8.85. The molecular weight excluding hydrogens is 431 g/mol. The van der Waals surface area contributed by atoms with Crippen molar-refractivity contribution < 1.29 is 9.18 Å². The average molecular weight is 457 g/mol. The van der Waals surface area contributed by atoms with Crippen LogP contribution in [0.5, 0.6) is 0 Å². The first-order valence-electron chi connectivity index (χ1n) is 10.7. The normalized spacial score (nSPS) is 15.5. The predicted molar refractivity (Wildman–Crippen MR) is 126 cm³/mol. The number of carbonyl (C=O) groups excluding carboxylic acids is 1. The molecule has 6 nitrogen and oxygen atoms in total. The van der Waals surface area contributed by atoms with Crippen LogP contribution in [0.2, 0.25) is 5.02 Å². The average Bonchev–Trinajstić information content (AvgIpc) is 2.74. The fraction of sp³-hybridized carbons (Fsp3) is 0.375. The van der Waals surface area contributed by atoms with Crippen LogP contribution in [0.3, 0.4) is 0 Å². The molecule has 1 fully saturated rings. The van der Waals surface area contributed by atoms with Crippen molar-refractivity contribution in [2.75, 3.05) is 19.0 Å². The molecule has 8 heteroatoms. The van der Waals surface area contributed by atoms with Crippen LogP contribution in [0.4, 0.5) is 10.2 Å². The highest BCUT2D eigenvalue weighted by Crippen LogP contribution is 2.29. The van der Waals surface area contributed by atoms with Gasteiger partial charge in [-0.25, -0.2) is 9.37 Å². The summed E-state index contributed by atoms with van der Waals surface area (Å²) in [5.41, 5.74) is 0.0325. The van der Waals surface area contributed by atoms with Crippen molar-refractivity contribution in [3.8, 4) is 5.69 Å². The summed E-state index contributed by atoms with van der Waals surface area (Å²) in [6, 6.07) is 7.37. The van der Waals surface area contributed by atoms with E-state index in [0.29, 0.717) is 17.2 Å². The number of amides is 1. The molecule has 0 radical (unpaired) electrons. The zero-order valence-electron chi connectivity index (χ0n) is 18.4. The van der Waals surface area contributed by atoms with Gasteiger partial charge in [0.15, 0.2) is 5.65 Å². The molecule has 1 aliphatic rings. The van der Waals surface area contributed by atoms with Gasteiger partial charge in [0.05, 0.1) is 16.1 Å². The number of anilines is 1. The standard InChI is InChI=1S/C24H26ClFN4O2/c1-24(11-5-4-6-12-24)28-23(32)17-14-30(19-9-7-15(26)13-18(19)25)22-16(21(17)31)8-10-20(27-22)29(2)3/h7-10,13-14H,4-6,11-12H2,1-3H3,(H,28,32). The number of hydrogen-bond acceptors (Lipinski definition) is 4. The van der Waals surface area contributed by atoms with Crippen LogP contribution in [-0.2, 0) is 0 Å². The Bertz CT molecular complexity index is 1250. The molecule has 168 valence electrons. The monoisotopic (exact) mass is 456 g/mol. The van der Waals surface area contributed by atoms with E-state index >= 15 is 0 Å². The molecule has 0 bridgehead atoms. The number of fused-ring (bicyclic) bond motifs is 1. The number of carbonyl (C=O) groups is 1. The van der Waals surface area contributed by atoms with Gasteiger partial charge in [0.1, 0.15) is 17.2 Å². The van der Waals surface area contributed by atoms with Crippen molar-refractivity contribution in [2.45, 2.75) is 44.6 Å². The Labute approximate surface area is 191 Å². The predicted octanol–water partition coefficient (Wildman–Crippen LogP) is 4.70. The summed E-state index contributed by atoms with van der Waals surface area (Å²) in [5.74, 6) is -0.269. The van der Waals surface area contributed by atoms with Gasteiger partial charge in [-0.15, -0.1) is 0 Å². The van der Waals surface area contributed by atoms with Crippen LogP contribution < -0.4 is 15.6 Å². The number of benzene rings is 1. The summed E-state index contributed by atoms with van der Waals surface area (Å²) in [6.07, 6.45) is 6.44. The van der Waals surface area contributed by atoms with Crippen LogP contribution in [0.15, 0.2) is 41.3 Å². The molecule has 32 heavy (non-hydrogen) atoms. The summed E-state index contributed by atoms with van der Waals surface area (Å²) in [7, 11) is 3.68. The third-order valence-electron chi connectivity index (χ3n) is 6.08. The summed E-state index contributed by atoms with van der Waals surface area (Å²) in [5, 5.41) is 3.52. The first kappa shape index (κ1) is 22.3. The van der Waals surface area contributed by atoms with Crippen molar-refractivity contribution >= 4 is 34.4 Å². The zero-order valence-corrected chi connectivity index (χ0v) is 19.2. The van der Waals surface area contributed by atoms with Gasteiger partial charge in [0.2, 0.25) is 5.43 Å². The molecule has 1 amide bonds. The third-order valence-corrected chi connectivity index (χ3v) is 6.38. The maximum Gasteiger partial charge on any atom is 0.257 e. The van der Waals surface area contributed by atoms with Crippen molar-refractivity contribution in [1.82, 2.24) is 14.9 Å². The first-order chi connectivity index (χ1) is 15.2. The Hall–Kier alpha value is -2.93. The lowest BCUT2D eigenvalue weighted by molar-refractivity contribution is 0.0881. The number of aromatic nitrogens is 2. The molecule has 1 aliphatic carbocycles. The lowest BCUT2D eigenvalue weighted by atomic mass is 9.83. The molecule has 1 N–H and O–H groups in total. The largest absolute Gasteiger partial charge is 0.363 e. The smallest absolute Gasteiger partial charge is 0.257 e. The number of halogens is 2. The summed E-state index contributed by atoms with van der Waals surface area (Å²) in [4.78, 5) is 33.0. The Morgan fingerprint density at radius 3 is 2.56 bits per heavy atom. The second kappa shape index (κ2) is 8.54. The molecule has 0 unspecified atom stereocenters. The molecule has 1 saturated carbocycles. The summed E-state index contributed by atoms with van der Waals surface area (Å²) < 4.78 is 15.3. The molecule has 0 atom stereocenters. The summed E-state index contributed by atoms with van der Waals surface area (Å²) in [6.45, 7) is 2.02. The van der Waals surface area contributed by atoms with E-state index in [0.717, 1.165) is 32.1 Å². The van der Waals surface area contributed by atoms with Crippen LogP contribution in [-0.4, -0.2) is 35.1 Å². The van der Waals surface area contributed by atoms with Gasteiger partial charge in [-0.2, -0.15) is 0 Å². The van der Waals surface area contributed by atoms with Crippen LogP contribution in [0.25, 0.3) is 16.7 Å². The van der Waals surface area contributed by atoms with Crippen LogP contribution in [0.1, 0.15) is 49.4 Å². The van der Waals surface area contributed by atoms with Gasteiger partial charge in [0.25, 0.3) is 5.91 Å². The topological polar surface area (TPSA) is 67.2 Å². The molecule has 2 heterocycles. The maximum atomic E-state index is 13.7. The zero-order chi connectivity index (χ0) is 23.0. The van der Waals surface area contributed by atoms with E-state index in [4.69, 9.17) is 11.6 Å². The Morgan fingerprint density at radius 1 is 1.19 bits per heavy atom. The number of pyridine rings is 2. The van der Waals surface area contributed by atoms with E-state index in [1.807, 2.05) is 25.9 Å². The van der Waals surface area contributed by atoms with E-state index in [1.165, 1.54) is 24.4 Å². The SMILES string of the molecule is CN(C)c1ccc2c(=O)c(C(=O)NC3(C)CCCCC3)cn(-c3ccc(F)cc3Cl)c2n1. The minimum absolute atomic E-state index is 0.00379. The number of nitrogens with one attached hydrogen (secondary N) is 1. The van der Waals surface area contributed by atoms with E-state index in [-0.39, 0.29) is 21.5 Å². The Balaban J connectivity index is 1.91. The molecular formula is C24H26ClFN4O2. The maximum absolute atomic E-state index is 13.7. The van der Waals surface area contributed by atoms with Gasteiger partial charge in [-0.3, -0.25) is 14.2 Å². The van der Waals surface area contributed by atoms with Crippen molar-refractivity contribution in [1.29, 1.82) is 0 Å². The highest BCUT2D eigenvalue weighted by atomic mass is 35.5. The summed E-state index contributed by atoms with van der Waals surface area (Å²) >= 11 is 6.34. The van der Waals surface area contributed by atoms with Crippen molar-refractivity contribution in [2.24, 2.45) is 0 Å². The fourth-order valence-electron chi connectivity index (χ4n) is 4.26. The van der Waals surface area contributed by atoms with E-state index in [1.54, 1.807) is 16.7 Å². The van der Waals surface area contributed by atoms with Crippen molar-refractivity contribution in [3.63, 3.8) is 0 Å². The number of nitrogens with zero attached hydrogens (tertiary/aromatic N) is 3. The molecule has 2 aromatic heterocycles. The Kier molecular flexibility index (Phi) is 5.95. The highest BCUT2D eigenvalue weighted by Gasteiger charge is 2.30. The second-order valence-corrected chi connectivity index (χ2v) is 9.26. The van der Waals surface area contributed by atoms with Gasteiger partial charge in [0, 0.05) is 25.8 Å². The molecule has 0 spiro atoms. The highest BCUT2D eigenvalue weighted by molar-refractivity contribution is 6.32. The molecule has 3 aromatic rings. The first-order valence-corrected chi connectivity index (χ1v) is 11.1. The van der Waals surface area contributed by atoms with Crippen LogP contribution in [0, 0.1) is 5.82 Å². The van der Waals surface area contributed by atoms with Gasteiger partial charge in [-0.1, -0.05) is 30.9 Å².